The van der Waals surface area contributed by atoms with Crippen molar-refractivity contribution in [1.82, 2.24) is 0 Å². The van der Waals surface area contributed by atoms with Crippen LogP contribution in [0.3, 0.4) is 0 Å². The fourth-order valence-electron chi connectivity index (χ4n) is 3.65. The number of nitrogens with zero attached hydrogens (tertiary/aromatic N) is 1. The topological polar surface area (TPSA) is 136 Å². The molecule has 0 saturated carbocycles. The number of ether oxygens (including phenoxy) is 1. The van der Waals surface area contributed by atoms with Crippen molar-refractivity contribution in [2.24, 2.45) is 5.14 Å². The summed E-state index contributed by atoms with van der Waals surface area (Å²) in [7, 11) is -3.72. The van der Waals surface area contributed by atoms with E-state index in [9.17, 15) is 22.8 Å². The molecule has 174 valence electrons. The van der Waals surface area contributed by atoms with Crippen molar-refractivity contribution in [2.45, 2.75) is 12.7 Å². The van der Waals surface area contributed by atoms with Crippen LogP contribution in [0.1, 0.15) is 43.6 Å². The second-order valence-electron chi connectivity index (χ2n) is 7.59. The molecule has 0 bridgehead atoms. The van der Waals surface area contributed by atoms with Crippen LogP contribution < -0.4 is 20.1 Å². The monoisotopic (exact) mass is 479 g/mol. The van der Waals surface area contributed by atoms with Gasteiger partial charge in [0.15, 0.2) is 0 Å². The zero-order valence-corrected chi connectivity index (χ0v) is 19.0. The predicted molar refractivity (Wildman–Crippen MR) is 126 cm³/mol. The van der Waals surface area contributed by atoms with Gasteiger partial charge in [0.25, 0.3) is 17.7 Å². The number of hydrogen-bond donors (Lipinski definition) is 2. The number of primary sulfonamides is 1. The minimum absolute atomic E-state index is 0.120. The fraction of sp³-hybridized carbons (Fsp3) is 0.125. The van der Waals surface area contributed by atoms with Gasteiger partial charge < -0.3 is 10.1 Å². The minimum Gasteiger partial charge on any atom is -0.494 e. The lowest BCUT2D eigenvalue weighted by Crippen LogP contribution is -2.29. The SMILES string of the molecule is CCOc1ccc(N2C(=O)c3ccc(C(=O)Nc4cccc(CS(N)(=O)=O)c4)cc3C2=O)cc1. The first-order valence-electron chi connectivity index (χ1n) is 10.3. The van der Waals surface area contributed by atoms with E-state index in [4.69, 9.17) is 9.88 Å². The Bertz CT molecular complexity index is 1400. The van der Waals surface area contributed by atoms with E-state index < -0.39 is 27.7 Å². The molecule has 0 aliphatic carbocycles. The van der Waals surface area contributed by atoms with E-state index in [0.717, 1.165) is 4.90 Å². The standard InChI is InChI=1S/C24H21N3O6S/c1-2-33-19-9-7-18(8-10-19)27-23(29)20-11-6-16(13-21(20)24(27)30)22(28)26-17-5-3-4-15(12-17)14-34(25,31)32/h3-13H,2,14H2,1H3,(H,26,28)(H2,25,31,32). The van der Waals surface area contributed by atoms with Crippen molar-refractivity contribution in [2.75, 3.05) is 16.8 Å². The molecule has 0 radical (unpaired) electrons. The van der Waals surface area contributed by atoms with E-state index in [1.165, 1.54) is 24.3 Å². The maximum absolute atomic E-state index is 13.0. The summed E-state index contributed by atoms with van der Waals surface area (Å²) in [4.78, 5) is 39.7. The van der Waals surface area contributed by atoms with Gasteiger partial charge in [0, 0.05) is 11.3 Å². The number of carbonyl (C=O) groups is 3. The highest BCUT2D eigenvalue weighted by Crippen LogP contribution is 2.30. The molecule has 1 heterocycles. The van der Waals surface area contributed by atoms with Crippen molar-refractivity contribution in [3.05, 3.63) is 89.0 Å². The molecule has 0 atom stereocenters. The molecule has 34 heavy (non-hydrogen) atoms. The number of amides is 3. The van der Waals surface area contributed by atoms with Crippen LogP contribution in [0.2, 0.25) is 0 Å². The van der Waals surface area contributed by atoms with Crippen molar-refractivity contribution in [3.63, 3.8) is 0 Å². The van der Waals surface area contributed by atoms with Crippen LogP contribution >= 0.6 is 0 Å². The summed E-state index contributed by atoms with van der Waals surface area (Å²) in [6, 6.07) is 17.1. The summed E-state index contributed by atoms with van der Waals surface area (Å²) < 4.78 is 28.0. The van der Waals surface area contributed by atoms with Crippen molar-refractivity contribution < 1.29 is 27.5 Å². The first-order valence-corrected chi connectivity index (χ1v) is 12.0. The van der Waals surface area contributed by atoms with Gasteiger partial charge in [-0.3, -0.25) is 14.4 Å². The molecule has 0 spiro atoms. The van der Waals surface area contributed by atoms with Gasteiger partial charge in [-0.15, -0.1) is 0 Å². The van der Waals surface area contributed by atoms with Crippen LogP contribution in [-0.4, -0.2) is 32.7 Å². The summed E-state index contributed by atoms with van der Waals surface area (Å²) in [6.45, 7) is 2.35. The van der Waals surface area contributed by atoms with Crippen LogP contribution in [-0.2, 0) is 15.8 Å². The summed E-state index contributed by atoms with van der Waals surface area (Å²) in [6.07, 6.45) is 0. The molecule has 4 rings (SSSR count). The molecule has 1 aliphatic heterocycles. The Morgan fingerprint density at radius 2 is 1.68 bits per heavy atom. The van der Waals surface area contributed by atoms with Crippen LogP contribution in [0.5, 0.6) is 5.75 Å². The highest BCUT2D eigenvalue weighted by Gasteiger charge is 2.37. The third kappa shape index (κ3) is 4.82. The molecule has 3 N–H and O–H groups in total. The van der Waals surface area contributed by atoms with Gasteiger partial charge in [0.05, 0.1) is 29.2 Å². The number of imide groups is 1. The molecule has 3 amide bonds. The Kier molecular flexibility index (Phi) is 6.18. The lowest BCUT2D eigenvalue weighted by Gasteiger charge is -2.14. The smallest absolute Gasteiger partial charge is 0.266 e. The first-order chi connectivity index (χ1) is 16.2. The summed E-state index contributed by atoms with van der Waals surface area (Å²) in [5.74, 6) is -1.28. The number of anilines is 2. The molecule has 0 saturated heterocycles. The summed E-state index contributed by atoms with van der Waals surface area (Å²) in [5, 5.41) is 7.74. The number of rotatable bonds is 7. The normalized spacial score (nSPS) is 13.1. The van der Waals surface area contributed by atoms with E-state index in [1.54, 1.807) is 42.5 Å². The maximum atomic E-state index is 13.0. The summed E-state index contributed by atoms with van der Waals surface area (Å²) >= 11 is 0. The van der Waals surface area contributed by atoms with E-state index in [0.29, 0.717) is 29.3 Å². The van der Waals surface area contributed by atoms with Crippen LogP contribution in [0, 0.1) is 0 Å². The second kappa shape index (κ2) is 9.08. The van der Waals surface area contributed by atoms with E-state index in [2.05, 4.69) is 5.32 Å². The molecule has 3 aromatic carbocycles. The Morgan fingerprint density at radius 1 is 0.971 bits per heavy atom. The van der Waals surface area contributed by atoms with Gasteiger partial charge in [-0.2, -0.15) is 0 Å². The van der Waals surface area contributed by atoms with Gasteiger partial charge in [0.2, 0.25) is 10.0 Å². The van der Waals surface area contributed by atoms with E-state index >= 15 is 0 Å². The fourth-order valence-corrected chi connectivity index (χ4v) is 4.29. The van der Waals surface area contributed by atoms with Gasteiger partial charge in [-0.1, -0.05) is 12.1 Å². The Morgan fingerprint density at radius 3 is 2.35 bits per heavy atom. The third-order valence-electron chi connectivity index (χ3n) is 5.11. The average Bonchev–Trinajstić information content (AvgIpc) is 3.03. The maximum Gasteiger partial charge on any atom is 0.266 e. The van der Waals surface area contributed by atoms with E-state index in [-0.39, 0.29) is 22.4 Å². The molecule has 0 aromatic heterocycles. The molecule has 3 aromatic rings. The number of fused-ring (bicyclic) bond motifs is 1. The molecule has 0 fully saturated rings. The lowest BCUT2D eigenvalue weighted by molar-refractivity contribution is 0.0925. The van der Waals surface area contributed by atoms with Gasteiger partial charge >= 0.3 is 0 Å². The van der Waals surface area contributed by atoms with Crippen molar-refractivity contribution >= 4 is 39.1 Å². The molecule has 10 heteroatoms. The second-order valence-corrected chi connectivity index (χ2v) is 9.21. The predicted octanol–water partition coefficient (Wildman–Crippen LogP) is 2.93. The van der Waals surface area contributed by atoms with Gasteiger partial charge in [0.1, 0.15) is 5.75 Å². The Hall–Kier alpha value is -4.02. The molecule has 0 unspecified atom stereocenters. The number of nitrogens with two attached hydrogens (primary N) is 1. The Labute approximate surface area is 196 Å². The minimum atomic E-state index is -3.72. The number of benzene rings is 3. The van der Waals surface area contributed by atoms with Crippen LogP contribution in [0.25, 0.3) is 0 Å². The number of sulfonamides is 1. The number of nitrogens with one attached hydrogen (secondary N) is 1. The lowest BCUT2D eigenvalue weighted by atomic mass is 10.1. The number of hydrogen-bond acceptors (Lipinski definition) is 6. The number of carbonyl (C=O) groups excluding carboxylic acids is 3. The van der Waals surface area contributed by atoms with Crippen LogP contribution in [0.4, 0.5) is 11.4 Å². The van der Waals surface area contributed by atoms with Crippen molar-refractivity contribution in [3.8, 4) is 5.75 Å². The highest BCUT2D eigenvalue weighted by molar-refractivity contribution is 7.88. The zero-order valence-electron chi connectivity index (χ0n) is 18.1. The third-order valence-corrected chi connectivity index (χ3v) is 5.84. The largest absolute Gasteiger partial charge is 0.494 e. The molecule has 1 aliphatic rings. The molecular weight excluding hydrogens is 458 g/mol. The van der Waals surface area contributed by atoms with Crippen LogP contribution in [0.15, 0.2) is 66.7 Å². The first kappa shape index (κ1) is 23.1. The molecular formula is C24H21N3O6S. The quantitative estimate of drug-likeness (QED) is 0.500. The highest BCUT2D eigenvalue weighted by atomic mass is 32.2. The van der Waals surface area contributed by atoms with Gasteiger partial charge in [-0.25, -0.2) is 18.5 Å². The molecule has 9 nitrogen and oxygen atoms in total. The van der Waals surface area contributed by atoms with E-state index in [1.807, 2.05) is 6.92 Å². The van der Waals surface area contributed by atoms with Crippen molar-refractivity contribution in [1.29, 1.82) is 0 Å². The Balaban J connectivity index is 1.55. The van der Waals surface area contributed by atoms with Gasteiger partial charge in [-0.05, 0) is 67.1 Å². The summed E-state index contributed by atoms with van der Waals surface area (Å²) in [5.41, 5.74) is 1.67. The zero-order chi connectivity index (χ0) is 24.5. The average molecular weight is 480 g/mol.